The van der Waals surface area contributed by atoms with Crippen LogP contribution in [0.15, 0.2) is 46.4 Å². The van der Waals surface area contributed by atoms with Gasteiger partial charge in [-0.3, -0.25) is 4.79 Å². The van der Waals surface area contributed by atoms with E-state index in [4.69, 9.17) is 4.42 Å². The summed E-state index contributed by atoms with van der Waals surface area (Å²) in [6.07, 6.45) is 1.96. The second kappa shape index (κ2) is 4.42. The molecule has 0 aliphatic carbocycles. The molecule has 2 nitrogen and oxygen atoms in total. The highest BCUT2D eigenvalue weighted by Gasteiger charge is 2.15. The number of aryl methyl sites for hydroxylation is 1. The molecule has 1 aromatic carbocycles. The van der Waals surface area contributed by atoms with E-state index in [2.05, 4.69) is 17.5 Å². The highest BCUT2D eigenvalue weighted by molar-refractivity contribution is 7.17. The Morgan fingerprint density at radius 2 is 2.11 bits per heavy atom. The van der Waals surface area contributed by atoms with Gasteiger partial charge in [0.1, 0.15) is 0 Å². The summed E-state index contributed by atoms with van der Waals surface area (Å²) in [5.41, 5.74) is 1.98. The predicted molar refractivity (Wildman–Crippen MR) is 73.3 cm³/mol. The van der Waals surface area contributed by atoms with E-state index < -0.39 is 0 Å². The molecule has 0 fully saturated rings. The summed E-state index contributed by atoms with van der Waals surface area (Å²) in [6.45, 7) is 1.89. The molecular weight excluding hydrogens is 244 g/mol. The largest absolute Gasteiger partial charge is 0.461 e. The van der Waals surface area contributed by atoms with Crippen LogP contribution in [-0.2, 0) is 6.42 Å². The lowest BCUT2D eigenvalue weighted by molar-refractivity contribution is 0.0966. The van der Waals surface area contributed by atoms with Crippen molar-refractivity contribution in [3.63, 3.8) is 0 Å². The Kier molecular flexibility index (Phi) is 2.76. The number of hydrogen-bond donors (Lipinski definition) is 0. The minimum Gasteiger partial charge on any atom is -0.461 e. The van der Waals surface area contributed by atoms with Gasteiger partial charge in [0, 0.05) is 11.1 Å². The molecule has 3 aromatic rings. The van der Waals surface area contributed by atoms with E-state index in [0.29, 0.717) is 12.2 Å². The molecule has 90 valence electrons. The van der Waals surface area contributed by atoms with Crippen LogP contribution in [0, 0.1) is 6.92 Å². The van der Waals surface area contributed by atoms with Crippen molar-refractivity contribution < 1.29 is 9.21 Å². The molecule has 0 bridgehead atoms. The third-order valence-corrected chi connectivity index (χ3v) is 4.04. The molecule has 0 spiro atoms. The Labute approximate surface area is 109 Å². The summed E-state index contributed by atoms with van der Waals surface area (Å²) in [5, 5.41) is 3.22. The monoisotopic (exact) mass is 256 g/mol. The van der Waals surface area contributed by atoms with Crippen LogP contribution in [0.4, 0.5) is 0 Å². The smallest absolute Gasteiger partial charge is 0.202 e. The average Bonchev–Trinajstić information content (AvgIpc) is 2.97. The molecule has 0 saturated heterocycles. The van der Waals surface area contributed by atoms with Crippen molar-refractivity contribution >= 4 is 27.2 Å². The minimum atomic E-state index is 0.0426. The van der Waals surface area contributed by atoms with E-state index in [9.17, 15) is 4.79 Å². The molecular formula is C15H12O2S. The Hall–Kier alpha value is -1.87. The Morgan fingerprint density at radius 1 is 1.28 bits per heavy atom. The van der Waals surface area contributed by atoms with Crippen LogP contribution >= 0.6 is 11.3 Å². The highest BCUT2D eigenvalue weighted by Crippen LogP contribution is 2.27. The van der Waals surface area contributed by atoms with Gasteiger partial charge >= 0.3 is 0 Å². The molecule has 0 atom stereocenters. The fourth-order valence-corrected chi connectivity index (χ4v) is 3.04. The number of Topliss-reactive ketones (excluding diaryl/α,β-unsaturated/α-hetero) is 1. The van der Waals surface area contributed by atoms with Crippen LogP contribution in [0.1, 0.15) is 21.7 Å². The highest BCUT2D eigenvalue weighted by atomic mass is 32.1. The van der Waals surface area contributed by atoms with E-state index in [1.807, 2.05) is 25.1 Å². The third kappa shape index (κ3) is 1.87. The molecule has 2 aromatic heterocycles. The first-order chi connectivity index (χ1) is 8.75. The lowest BCUT2D eigenvalue weighted by atomic mass is 10.1. The van der Waals surface area contributed by atoms with Crippen molar-refractivity contribution in [2.45, 2.75) is 13.3 Å². The second-order valence-corrected chi connectivity index (χ2v) is 5.20. The Bertz CT molecular complexity index is 706. The van der Waals surface area contributed by atoms with E-state index in [-0.39, 0.29) is 5.78 Å². The maximum absolute atomic E-state index is 12.1. The first-order valence-corrected chi connectivity index (χ1v) is 6.66. The molecule has 0 saturated carbocycles. The summed E-state index contributed by atoms with van der Waals surface area (Å²) in [7, 11) is 0. The summed E-state index contributed by atoms with van der Waals surface area (Å²) in [5.74, 6) is 0.520. The lowest BCUT2D eigenvalue weighted by Gasteiger charge is -1.98. The first-order valence-electron chi connectivity index (χ1n) is 5.78. The van der Waals surface area contributed by atoms with Gasteiger partial charge in [0.2, 0.25) is 5.78 Å². The zero-order valence-corrected chi connectivity index (χ0v) is 10.8. The van der Waals surface area contributed by atoms with Crippen LogP contribution in [0.2, 0.25) is 0 Å². The molecule has 0 radical (unpaired) electrons. The lowest BCUT2D eigenvalue weighted by Crippen LogP contribution is -2.03. The number of hydrogen-bond acceptors (Lipinski definition) is 3. The molecule has 0 aliphatic rings. The van der Waals surface area contributed by atoms with Gasteiger partial charge in [0.15, 0.2) is 5.76 Å². The molecule has 3 rings (SSSR count). The summed E-state index contributed by atoms with van der Waals surface area (Å²) < 4.78 is 6.46. The van der Waals surface area contributed by atoms with Gasteiger partial charge in [-0.25, -0.2) is 0 Å². The SMILES string of the molecule is Cc1ccoc1C(=O)Cc1csc2ccccc12. The summed E-state index contributed by atoms with van der Waals surface area (Å²) in [6, 6.07) is 9.97. The average molecular weight is 256 g/mol. The number of furan rings is 1. The quantitative estimate of drug-likeness (QED) is 0.656. The van der Waals surface area contributed by atoms with Gasteiger partial charge in [0.25, 0.3) is 0 Å². The molecule has 0 aliphatic heterocycles. The van der Waals surface area contributed by atoms with Crippen molar-refractivity contribution in [3.05, 3.63) is 58.9 Å². The van der Waals surface area contributed by atoms with Crippen molar-refractivity contribution in [1.29, 1.82) is 0 Å². The number of carbonyl (C=O) groups excluding carboxylic acids is 1. The standard InChI is InChI=1S/C15H12O2S/c1-10-6-7-17-15(10)13(16)8-11-9-18-14-5-3-2-4-12(11)14/h2-7,9H,8H2,1H3. The van der Waals surface area contributed by atoms with Crippen LogP contribution in [-0.4, -0.2) is 5.78 Å². The van der Waals surface area contributed by atoms with Gasteiger partial charge in [0.05, 0.1) is 6.26 Å². The van der Waals surface area contributed by atoms with Crippen LogP contribution < -0.4 is 0 Å². The fraction of sp³-hybridized carbons (Fsp3) is 0.133. The number of fused-ring (bicyclic) bond motifs is 1. The van der Waals surface area contributed by atoms with Crippen LogP contribution in [0.5, 0.6) is 0 Å². The second-order valence-electron chi connectivity index (χ2n) is 4.29. The summed E-state index contributed by atoms with van der Waals surface area (Å²) >= 11 is 1.67. The zero-order valence-electron chi connectivity index (χ0n) is 9.97. The van der Waals surface area contributed by atoms with Crippen molar-refractivity contribution in [2.75, 3.05) is 0 Å². The van der Waals surface area contributed by atoms with Gasteiger partial charge in [-0.1, -0.05) is 18.2 Å². The molecule has 2 heterocycles. The maximum Gasteiger partial charge on any atom is 0.202 e. The molecule has 3 heteroatoms. The number of ketones is 1. The molecule has 0 N–H and O–H groups in total. The molecule has 18 heavy (non-hydrogen) atoms. The molecule has 0 unspecified atom stereocenters. The zero-order chi connectivity index (χ0) is 12.5. The number of benzene rings is 1. The van der Waals surface area contributed by atoms with Crippen molar-refractivity contribution in [2.24, 2.45) is 0 Å². The number of carbonyl (C=O) groups is 1. The number of rotatable bonds is 3. The molecule has 0 amide bonds. The van der Waals surface area contributed by atoms with E-state index in [1.54, 1.807) is 17.6 Å². The fourth-order valence-electron chi connectivity index (χ4n) is 2.08. The summed E-state index contributed by atoms with van der Waals surface area (Å²) in [4.78, 5) is 12.1. The Morgan fingerprint density at radius 3 is 2.89 bits per heavy atom. The third-order valence-electron chi connectivity index (χ3n) is 3.03. The van der Waals surface area contributed by atoms with Crippen LogP contribution in [0.25, 0.3) is 10.1 Å². The maximum atomic E-state index is 12.1. The van der Waals surface area contributed by atoms with Gasteiger partial charge in [-0.15, -0.1) is 11.3 Å². The van der Waals surface area contributed by atoms with Gasteiger partial charge < -0.3 is 4.42 Å². The van der Waals surface area contributed by atoms with Crippen molar-refractivity contribution in [1.82, 2.24) is 0 Å². The Balaban J connectivity index is 1.93. The van der Waals surface area contributed by atoms with E-state index in [0.717, 1.165) is 11.1 Å². The van der Waals surface area contributed by atoms with Crippen LogP contribution in [0.3, 0.4) is 0 Å². The van der Waals surface area contributed by atoms with E-state index in [1.165, 1.54) is 10.1 Å². The van der Waals surface area contributed by atoms with Gasteiger partial charge in [-0.2, -0.15) is 0 Å². The van der Waals surface area contributed by atoms with E-state index >= 15 is 0 Å². The normalized spacial score (nSPS) is 10.9. The minimum absolute atomic E-state index is 0.0426. The predicted octanol–water partition coefficient (Wildman–Crippen LogP) is 4.23. The van der Waals surface area contributed by atoms with Gasteiger partial charge in [-0.05, 0) is 40.9 Å². The van der Waals surface area contributed by atoms with Crippen molar-refractivity contribution in [3.8, 4) is 0 Å². The topological polar surface area (TPSA) is 30.2 Å². The number of thiophene rings is 1. The first kappa shape index (κ1) is 11.2.